The van der Waals surface area contributed by atoms with Gasteiger partial charge in [0, 0.05) is 17.1 Å². The van der Waals surface area contributed by atoms with Crippen LogP contribution >= 0.6 is 11.5 Å². The second kappa shape index (κ2) is 4.23. The van der Waals surface area contributed by atoms with E-state index in [1.165, 1.54) is 11.4 Å². The fourth-order valence-corrected chi connectivity index (χ4v) is 1.48. The Hall–Kier alpha value is -2.02. The number of carbonyl (C=O) groups excluding carboxylic acids is 1. The predicted octanol–water partition coefficient (Wildman–Crippen LogP) is 1.64. The summed E-state index contributed by atoms with van der Waals surface area (Å²) in [5.74, 6) is -1.73. The summed E-state index contributed by atoms with van der Waals surface area (Å²) < 4.78 is 16.5. The van der Waals surface area contributed by atoms with Gasteiger partial charge in [-0.3, -0.25) is 4.79 Å². The van der Waals surface area contributed by atoms with E-state index in [4.69, 9.17) is 5.11 Å². The first-order chi connectivity index (χ1) is 7.66. The molecule has 2 aromatic rings. The molecule has 1 heterocycles. The molecule has 1 amide bonds. The zero-order chi connectivity index (χ0) is 11.5. The number of hydrogen-bond donors (Lipinski definition) is 2. The number of carbonyl (C=O) groups is 1. The second-order valence-corrected chi connectivity index (χ2v) is 3.52. The number of aromatic hydroxyl groups is 1. The zero-order valence-corrected chi connectivity index (χ0v) is 8.66. The number of aromatic nitrogens is 2. The molecule has 0 aliphatic carbocycles. The summed E-state index contributed by atoms with van der Waals surface area (Å²) in [4.78, 5) is 11.5. The fraction of sp³-hybridized carbons (Fsp3) is 0. The lowest BCUT2D eigenvalue weighted by Gasteiger charge is -2.03. The number of halogens is 1. The Balaban J connectivity index is 2.15. The predicted molar refractivity (Wildman–Crippen MR) is 55.9 cm³/mol. The van der Waals surface area contributed by atoms with Gasteiger partial charge in [-0.2, -0.15) is 0 Å². The summed E-state index contributed by atoms with van der Waals surface area (Å²) in [5, 5.41) is 16.4. The van der Waals surface area contributed by atoms with E-state index < -0.39 is 17.5 Å². The normalized spacial score (nSPS) is 10.1. The van der Waals surface area contributed by atoms with Crippen molar-refractivity contribution in [3.05, 3.63) is 35.1 Å². The van der Waals surface area contributed by atoms with Gasteiger partial charge in [-0.25, -0.2) is 4.39 Å². The molecule has 0 atom stereocenters. The van der Waals surface area contributed by atoms with E-state index in [0.29, 0.717) is 0 Å². The summed E-state index contributed by atoms with van der Waals surface area (Å²) in [6.07, 6.45) is 0. The third-order valence-corrected chi connectivity index (χ3v) is 2.30. The molecule has 0 saturated heterocycles. The molecule has 0 aliphatic heterocycles. The Morgan fingerprint density at radius 2 is 2.31 bits per heavy atom. The van der Waals surface area contributed by atoms with Crippen molar-refractivity contribution < 1.29 is 14.3 Å². The highest BCUT2D eigenvalue weighted by atomic mass is 32.1. The molecule has 0 aliphatic rings. The summed E-state index contributed by atoms with van der Waals surface area (Å²) in [6.45, 7) is 0. The van der Waals surface area contributed by atoms with Crippen LogP contribution in [0.4, 0.5) is 10.1 Å². The molecule has 0 spiro atoms. The minimum Gasteiger partial charge on any atom is -0.505 e. The Labute approximate surface area is 93.7 Å². The quantitative estimate of drug-likeness (QED) is 0.781. The summed E-state index contributed by atoms with van der Waals surface area (Å²) in [7, 11) is 0. The molecule has 0 fully saturated rings. The summed E-state index contributed by atoms with van der Waals surface area (Å²) in [6, 6.07) is 3.56. The maximum absolute atomic E-state index is 12.9. The van der Waals surface area contributed by atoms with Gasteiger partial charge in [-0.1, -0.05) is 4.49 Å². The topological polar surface area (TPSA) is 75.1 Å². The van der Waals surface area contributed by atoms with Gasteiger partial charge < -0.3 is 10.4 Å². The van der Waals surface area contributed by atoms with Crippen molar-refractivity contribution in [1.82, 2.24) is 9.59 Å². The third-order valence-electron chi connectivity index (χ3n) is 1.80. The van der Waals surface area contributed by atoms with Crippen LogP contribution in [0.3, 0.4) is 0 Å². The van der Waals surface area contributed by atoms with E-state index in [9.17, 15) is 9.18 Å². The lowest BCUT2D eigenvalue weighted by Crippen LogP contribution is -2.12. The highest BCUT2D eigenvalue weighted by Gasteiger charge is 2.10. The van der Waals surface area contributed by atoms with Crippen LogP contribution in [0.1, 0.15) is 10.5 Å². The van der Waals surface area contributed by atoms with Crippen molar-refractivity contribution in [3.8, 4) is 5.75 Å². The van der Waals surface area contributed by atoms with E-state index in [2.05, 4.69) is 14.9 Å². The molecule has 2 N–H and O–H groups in total. The first-order valence-electron chi connectivity index (χ1n) is 4.24. The first-order valence-corrected chi connectivity index (χ1v) is 5.07. The van der Waals surface area contributed by atoms with E-state index >= 15 is 0 Å². The van der Waals surface area contributed by atoms with Gasteiger partial charge in [0.2, 0.25) is 0 Å². The Bertz CT molecular complexity index is 515. The Morgan fingerprint density at radius 3 is 2.94 bits per heavy atom. The maximum atomic E-state index is 12.9. The number of rotatable bonds is 2. The number of nitrogens with one attached hydrogen (secondary N) is 1. The average Bonchev–Trinajstić information content (AvgIpc) is 2.77. The van der Waals surface area contributed by atoms with Crippen LogP contribution in [0.15, 0.2) is 23.6 Å². The molecule has 0 saturated carbocycles. The molecule has 0 bridgehead atoms. The fourth-order valence-electron chi connectivity index (χ4n) is 1.04. The molecular weight excluding hydrogens is 233 g/mol. The molecule has 7 heteroatoms. The highest BCUT2D eigenvalue weighted by Crippen LogP contribution is 2.19. The van der Waals surface area contributed by atoms with Crippen LogP contribution in [0.2, 0.25) is 0 Å². The van der Waals surface area contributed by atoms with Gasteiger partial charge in [0.15, 0.2) is 17.3 Å². The number of phenols is 1. The molecule has 1 aromatic heterocycles. The van der Waals surface area contributed by atoms with Crippen LogP contribution in [0.25, 0.3) is 0 Å². The van der Waals surface area contributed by atoms with Gasteiger partial charge in [0.05, 0.1) is 0 Å². The largest absolute Gasteiger partial charge is 0.505 e. The molecular formula is C9H6FN3O2S. The third kappa shape index (κ3) is 2.14. The van der Waals surface area contributed by atoms with Gasteiger partial charge >= 0.3 is 0 Å². The number of hydrogen-bond acceptors (Lipinski definition) is 5. The van der Waals surface area contributed by atoms with Crippen molar-refractivity contribution >= 4 is 23.1 Å². The highest BCUT2D eigenvalue weighted by molar-refractivity contribution is 7.03. The molecule has 16 heavy (non-hydrogen) atoms. The first kappa shape index (κ1) is 10.5. The Morgan fingerprint density at radius 1 is 1.50 bits per heavy atom. The van der Waals surface area contributed by atoms with E-state index in [-0.39, 0.29) is 11.4 Å². The number of phenolic OH excluding ortho intramolecular Hbond substituents is 1. The number of anilines is 1. The van der Waals surface area contributed by atoms with Crippen LogP contribution in [0.5, 0.6) is 5.75 Å². The standard InChI is InChI=1S/C9H6FN3O2S/c10-6-3-5(1-2-8(6)14)11-9(15)7-4-16-13-12-7/h1-4,14H,(H,11,15). The minimum absolute atomic E-state index is 0.165. The monoisotopic (exact) mass is 239 g/mol. The van der Waals surface area contributed by atoms with Gasteiger partial charge in [0.25, 0.3) is 5.91 Å². The van der Waals surface area contributed by atoms with Gasteiger partial charge in [-0.05, 0) is 23.7 Å². The number of benzene rings is 1. The van der Waals surface area contributed by atoms with Crippen molar-refractivity contribution in [2.45, 2.75) is 0 Å². The van der Waals surface area contributed by atoms with Gasteiger partial charge in [0.1, 0.15) is 0 Å². The number of nitrogens with zero attached hydrogens (tertiary/aromatic N) is 2. The van der Waals surface area contributed by atoms with Crippen molar-refractivity contribution in [2.24, 2.45) is 0 Å². The smallest absolute Gasteiger partial charge is 0.277 e. The molecule has 5 nitrogen and oxygen atoms in total. The average molecular weight is 239 g/mol. The van der Waals surface area contributed by atoms with E-state index in [1.807, 2.05) is 0 Å². The minimum atomic E-state index is -0.797. The lowest BCUT2D eigenvalue weighted by molar-refractivity contribution is 0.102. The van der Waals surface area contributed by atoms with Gasteiger partial charge in [-0.15, -0.1) is 5.10 Å². The van der Waals surface area contributed by atoms with E-state index in [1.54, 1.807) is 0 Å². The molecule has 2 rings (SSSR count). The van der Waals surface area contributed by atoms with Crippen LogP contribution < -0.4 is 5.32 Å². The molecule has 82 valence electrons. The Kier molecular flexibility index (Phi) is 2.78. The van der Waals surface area contributed by atoms with Crippen molar-refractivity contribution in [1.29, 1.82) is 0 Å². The molecule has 0 unspecified atom stereocenters. The number of amides is 1. The molecule has 1 aromatic carbocycles. The van der Waals surface area contributed by atoms with Crippen molar-refractivity contribution in [2.75, 3.05) is 5.32 Å². The SMILES string of the molecule is O=C(Nc1ccc(O)c(F)c1)c1csnn1. The van der Waals surface area contributed by atoms with Crippen LogP contribution in [-0.2, 0) is 0 Å². The maximum Gasteiger partial charge on any atom is 0.277 e. The summed E-state index contributed by atoms with van der Waals surface area (Å²) >= 11 is 1.05. The zero-order valence-electron chi connectivity index (χ0n) is 7.85. The van der Waals surface area contributed by atoms with Crippen molar-refractivity contribution in [3.63, 3.8) is 0 Å². The van der Waals surface area contributed by atoms with Crippen LogP contribution in [0, 0.1) is 5.82 Å². The molecule has 0 radical (unpaired) electrons. The second-order valence-electron chi connectivity index (χ2n) is 2.91. The van der Waals surface area contributed by atoms with Crippen LogP contribution in [-0.4, -0.2) is 20.6 Å². The lowest BCUT2D eigenvalue weighted by atomic mass is 10.3. The summed E-state index contributed by atoms with van der Waals surface area (Å²) in [5.41, 5.74) is 0.409. The van der Waals surface area contributed by atoms with E-state index in [0.717, 1.165) is 23.7 Å².